The molecule has 0 aliphatic rings. The van der Waals surface area contributed by atoms with Crippen molar-refractivity contribution in [3.8, 4) is 0 Å². The Balaban J connectivity index is 3.38. The summed E-state index contributed by atoms with van der Waals surface area (Å²) in [6.07, 6.45) is 2.50. The molecule has 0 amide bonds. The van der Waals surface area contributed by atoms with Crippen LogP contribution in [0.15, 0.2) is 0 Å². The van der Waals surface area contributed by atoms with Crippen molar-refractivity contribution in [2.24, 2.45) is 5.92 Å². The summed E-state index contributed by atoms with van der Waals surface area (Å²) in [7, 11) is 3.96. The van der Waals surface area contributed by atoms with Gasteiger partial charge in [-0.1, -0.05) is 13.8 Å². The Morgan fingerprint density at radius 2 is 1.88 bits per heavy atom. The van der Waals surface area contributed by atoms with E-state index >= 15 is 0 Å². The second kappa shape index (κ2) is 10.1. The van der Waals surface area contributed by atoms with Crippen LogP contribution in [0.25, 0.3) is 0 Å². The number of nitrogens with zero attached hydrogens (tertiary/aromatic N) is 1. The van der Waals surface area contributed by atoms with E-state index in [1.54, 1.807) is 7.11 Å². The molecule has 0 saturated heterocycles. The van der Waals surface area contributed by atoms with E-state index in [0.29, 0.717) is 6.04 Å². The highest BCUT2D eigenvalue weighted by Gasteiger charge is 2.09. The molecule has 1 N–H and O–H groups in total. The molecule has 0 rings (SSSR count). The predicted octanol–water partition coefficient (Wildman–Crippen LogP) is 1.98. The summed E-state index contributed by atoms with van der Waals surface area (Å²) in [6.45, 7) is 10.9. The summed E-state index contributed by atoms with van der Waals surface area (Å²) in [4.78, 5) is 2.46. The first-order chi connectivity index (χ1) is 7.57. The van der Waals surface area contributed by atoms with Crippen LogP contribution in [0.1, 0.15) is 33.6 Å². The van der Waals surface area contributed by atoms with Gasteiger partial charge in [-0.2, -0.15) is 0 Å². The van der Waals surface area contributed by atoms with E-state index in [1.165, 1.54) is 19.4 Å². The molecule has 0 aromatic heterocycles. The van der Waals surface area contributed by atoms with Crippen LogP contribution in [0.3, 0.4) is 0 Å². The quantitative estimate of drug-likeness (QED) is 0.581. The first kappa shape index (κ1) is 15.9. The Hall–Kier alpha value is -0.120. The fourth-order valence-electron chi connectivity index (χ4n) is 1.84. The minimum Gasteiger partial charge on any atom is -0.383 e. The number of rotatable bonds is 10. The third-order valence-corrected chi connectivity index (χ3v) is 2.91. The van der Waals surface area contributed by atoms with E-state index in [2.05, 4.69) is 38.0 Å². The van der Waals surface area contributed by atoms with Gasteiger partial charge in [-0.3, -0.25) is 0 Å². The van der Waals surface area contributed by atoms with Crippen LogP contribution in [-0.4, -0.2) is 51.3 Å². The van der Waals surface area contributed by atoms with E-state index < -0.39 is 0 Å². The number of hydrogen-bond donors (Lipinski definition) is 1. The van der Waals surface area contributed by atoms with E-state index in [0.717, 1.165) is 25.6 Å². The molecule has 0 heterocycles. The molecule has 0 aromatic carbocycles. The number of nitrogens with one attached hydrogen (secondary N) is 1. The van der Waals surface area contributed by atoms with Crippen LogP contribution in [0, 0.1) is 5.92 Å². The molecular weight excluding hydrogens is 200 g/mol. The second-order valence-electron chi connectivity index (χ2n) is 5.06. The van der Waals surface area contributed by atoms with Gasteiger partial charge in [0.05, 0.1) is 6.61 Å². The van der Waals surface area contributed by atoms with Crippen LogP contribution < -0.4 is 5.32 Å². The largest absolute Gasteiger partial charge is 0.383 e. The lowest BCUT2D eigenvalue weighted by atomic mass is 10.0. The molecule has 3 heteroatoms. The molecule has 0 aliphatic heterocycles. The third-order valence-electron chi connectivity index (χ3n) is 2.91. The molecule has 0 aliphatic carbocycles. The highest BCUT2D eigenvalue weighted by atomic mass is 16.5. The lowest BCUT2D eigenvalue weighted by molar-refractivity contribution is 0.196. The molecule has 3 nitrogen and oxygen atoms in total. The van der Waals surface area contributed by atoms with Gasteiger partial charge < -0.3 is 15.0 Å². The first-order valence-electron chi connectivity index (χ1n) is 6.47. The maximum Gasteiger partial charge on any atom is 0.0587 e. The summed E-state index contributed by atoms with van der Waals surface area (Å²) in [5.74, 6) is 0.789. The van der Waals surface area contributed by atoms with Crippen molar-refractivity contribution in [2.45, 2.75) is 39.7 Å². The molecule has 1 unspecified atom stereocenters. The van der Waals surface area contributed by atoms with Crippen LogP contribution in [-0.2, 0) is 4.74 Å². The molecule has 0 spiro atoms. The normalized spacial score (nSPS) is 13.7. The van der Waals surface area contributed by atoms with Crippen LogP contribution in [0.2, 0.25) is 0 Å². The van der Waals surface area contributed by atoms with Gasteiger partial charge in [0.1, 0.15) is 0 Å². The van der Waals surface area contributed by atoms with Gasteiger partial charge in [0.2, 0.25) is 0 Å². The molecule has 98 valence electrons. The van der Waals surface area contributed by atoms with Crippen molar-refractivity contribution in [1.29, 1.82) is 0 Å². The maximum absolute atomic E-state index is 4.98. The summed E-state index contributed by atoms with van der Waals surface area (Å²) in [5.41, 5.74) is 0. The minimum atomic E-state index is 0.693. The summed E-state index contributed by atoms with van der Waals surface area (Å²) < 4.78 is 4.98. The van der Waals surface area contributed by atoms with Crippen molar-refractivity contribution in [1.82, 2.24) is 10.2 Å². The van der Waals surface area contributed by atoms with Crippen LogP contribution in [0.4, 0.5) is 0 Å². The van der Waals surface area contributed by atoms with Gasteiger partial charge in [-0.25, -0.2) is 0 Å². The Bertz CT molecular complexity index is 151. The van der Waals surface area contributed by atoms with Gasteiger partial charge in [-0.15, -0.1) is 0 Å². The van der Waals surface area contributed by atoms with Crippen molar-refractivity contribution >= 4 is 0 Å². The maximum atomic E-state index is 4.98. The molecule has 0 saturated carbocycles. The highest BCUT2D eigenvalue weighted by molar-refractivity contribution is 4.65. The third kappa shape index (κ3) is 9.13. The lowest BCUT2D eigenvalue weighted by Crippen LogP contribution is -2.33. The van der Waals surface area contributed by atoms with Gasteiger partial charge in [0.25, 0.3) is 0 Å². The highest BCUT2D eigenvalue weighted by Crippen LogP contribution is 2.09. The summed E-state index contributed by atoms with van der Waals surface area (Å²) in [6, 6.07) is 0.693. The van der Waals surface area contributed by atoms with Gasteiger partial charge in [-0.05, 0) is 45.8 Å². The van der Waals surface area contributed by atoms with Crippen molar-refractivity contribution in [3.63, 3.8) is 0 Å². The van der Waals surface area contributed by atoms with Crippen molar-refractivity contribution in [2.75, 3.05) is 40.4 Å². The van der Waals surface area contributed by atoms with Gasteiger partial charge in [0, 0.05) is 19.7 Å². The summed E-state index contributed by atoms with van der Waals surface area (Å²) in [5, 5.41) is 3.37. The predicted molar refractivity (Wildman–Crippen MR) is 70.9 cm³/mol. The van der Waals surface area contributed by atoms with Crippen LogP contribution >= 0.6 is 0 Å². The fourth-order valence-corrected chi connectivity index (χ4v) is 1.84. The monoisotopic (exact) mass is 230 g/mol. The van der Waals surface area contributed by atoms with E-state index in [1.807, 2.05) is 0 Å². The smallest absolute Gasteiger partial charge is 0.0587 e. The summed E-state index contributed by atoms with van der Waals surface area (Å²) >= 11 is 0. The number of methoxy groups -OCH3 is 1. The van der Waals surface area contributed by atoms with Crippen LogP contribution in [0.5, 0.6) is 0 Å². The number of ether oxygens (including phenoxy) is 1. The SMILES string of the molecule is COCCNCCCN(C)C(C)CC(C)C. The Kier molecular flexibility index (Phi) is 9.99. The average Bonchev–Trinajstić information content (AvgIpc) is 2.21. The zero-order valence-electron chi connectivity index (χ0n) is 11.8. The Labute approximate surface area is 102 Å². The van der Waals surface area contributed by atoms with Crippen molar-refractivity contribution in [3.05, 3.63) is 0 Å². The molecule has 0 radical (unpaired) electrons. The number of hydrogen-bond acceptors (Lipinski definition) is 3. The van der Waals surface area contributed by atoms with Gasteiger partial charge >= 0.3 is 0 Å². The zero-order valence-corrected chi connectivity index (χ0v) is 11.8. The Morgan fingerprint density at radius 3 is 2.44 bits per heavy atom. The zero-order chi connectivity index (χ0) is 12.4. The van der Waals surface area contributed by atoms with E-state index in [-0.39, 0.29) is 0 Å². The molecule has 1 atom stereocenters. The molecule has 0 fully saturated rings. The lowest BCUT2D eigenvalue weighted by Gasteiger charge is -2.26. The fraction of sp³-hybridized carbons (Fsp3) is 1.00. The molecule has 0 aromatic rings. The topological polar surface area (TPSA) is 24.5 Å². The second-order valence-corrected chi connectivity index (χ2v) is 5.06. The molecule has 0 bridgehead atoms. The molecular formula is C13H30N2O. The van der Waals surface area contributed by atoms with Crippen molar-refractivity contribution < 1.29 is 4.74 Å². The minimum absolute atomic E-state index is 0.693. The molecule has 16 heavy (non-hydrogen) atoms. The average molecular weight is 230 g/mol. The Morgan fingerprint density at radius 1 is 1.19 bits per heavy atom. The van der Waals surface area contributed by atoms with Gasteiger partial charge in [0.15, 0.2) is 0 Å². The standard InChI is InChI=1S/C13H30N2O/c1-12(2)11-13(3)15(4)9-6-7-14-8-10-16-5/h12-14H,6-11H2,1-5H3. The first-order valence-corrected chi connectivity index (χ1v) is 6.47. The van der Waals surface area contributed by atoms with E-state index in [4.69, 9.17) is 4.74 Å². The van der Waals surface area contributed by atoms with E-state index in [9.17, 15) is 0 Å².